The molecule has 0 fully saturated rings. The molecule has 1 rings (SSSR count). The summed E-state index contributed by atoms with van der Waals surface area (Å²) in [6.07, 6.45) is 2.93. The number of nitrogens with zero attached hydrogens (tertiary/aromatic N) is 3. The Morgan fingerprint density at radius 2 is 2.06 bits per heavy atom. The molecule has 1 aromatic rings. The van der Waals surface area contributed by atoms with Crippen molar-refractivity contribution in [2.75, 3.05) is 20.6 Å². The minimum atomic E-state index is 0.670. The Morgan fingerprint density at radius 3 is 2.61 bits per heavy atom. The van der Waals surface area contributed by atoms with Gasteiger partial charge < -0.3 is 10.2 Å². The van der Waals surface area contributed by atoms with E-state index >= 15 is 0 Å². The van der Waals surface area contributed by atoms with E-state index in [4.69, 9.17) is 0 Å². The van der Waals surface area contributed by atoms with Gasteiger partial charge in [-0.25, -0.2) is 9.97 Å². The van der Waals surface area contributed by atoms with Crippen LogP contribution in [0, 0.1) is 5.92 Å². The molecule has 18 heavy (non-hydrogen) atoms. The first-order valence-corrected chi connectivity index (χ1v) is 6.72. The van der Waals surface area contributed by atoms with Gasteiger partial charge in [0.2, 0.25) is 0 Å². The summed E-state index contributed by atoms with van der Waals surface area (Å²) in [6.45, 7) is 9.27. The predicted octanol–water partition coefficient (Wildman–Crippen LogP) is 1.85. The van der Waals surface area contributed by atoms with Crippen LogP contribution < -0.4 is 5.32 Å². The van der Waals surface area contributed by atoms with Gasteiger partial charge in [-0.1, -0.05) is 20.8 Å². The average molecular weight is 250 g/mol. The van der Waals surface area contributed by atoms with Crippen molar-refractivity contribution in [3.8, 4) is 0 Å². The van der Waals surface area contributed by atoms with E-state index in [1.54, 1.807) is 0 Å². The molecule has 0 amide bonds. The second-order valence-electron chi connectivity index (χ2n) is 5.37. The van der Waals surface area contributed by atoms with Gasteiger partial charge in [0.15, 0.2) is 0 Å². The maximum Gasteiger partial charge on any atom is 0.142 e. The molecule has 0 aliphatic heterocycles. The van der Waals surface area contributed by atoms with Crippen molar-refractivity contribution in [3.63, 3.8) is 0 Å². The molecule has 0 saturated heterocycles. The molecule has 0 aromatic carbocycles. The fourth-order valence-electron chi connectivity index (χ4n) is 1.79. The third kappa shape index (κ3) is 5.10. The minimum absolute atomic E-state index is 0.670. The maximum atomic E-state index is 4.64. The Labute approximate surface area is 111 Å². The van der Waals surface area contributed by atoms with Crippen molar-refractivity contribution in [2.45, 2.75) is 40.3 Å². The Kier molecular flexibility index (Phi) is 6.22. The van der Waals surface area contributed by atoms with Crippen LogP contribution in [0.1, 0.15) is 37.9 Å². The van der Waals surface area contributed by atoms with Gasteiger partial charge in [0.05, 0.1) is 6.54 Å². The van der Waals surface area contributed by atoms with Gasteiger partial charge in [-0.3, -0.25) is 0 Å². The number of hydrogen-bond donors (Lipinski definition) is 1. The Hall–Kier alpha value is -1.00. The second kappa shape index (κ2) is 7.44. The van der Waals surface area contributed by atoms with Crippen molar-refractivity contribution in [1.82, 2.24) is 20.2 Å². The molecular formula is C14H26N4. The first-order chi connectivity index (χ1) is 8.52. The number of rotatable bonds is 7. The summed E-state index contributed by atoms with van der Waals surface area (Å²) in [5.41, 5.74) is 2.39. The molecule has 0 atom stereocenters. The van der Waals surface area contributed by atoms with E-state index in [1.165, 1.54) is 5.56 Å². The smallest absolute Gasteiger partial charge is 0.142 e. The Bertz CT molecular complexity index is 361. The van der Waals surface area contributed by atoms with Crippen LogP contribution in [0.25, 0.3) is 0 Å². The van der Waals surface area contributed by atoms with Gasteiger partial charge in [-0.15, -0.1) is 0 Å². The molecule has 0 bridgehead atoms. The monoisotopic (exact) mass is 250 g/mol. The predicted molar refractivity (Wildman–Crippen MR) is 75.3 cm³/mol. The summed E-state index contributed by atoms with van der Waals surface area (Å²) in [7, 11) is 4.07. The fraction of sp³-hybridized carbons (Fsp3) is 0.714. The Balaban J connectivity index is 2.67. The molecule has 1 aromatic heterocycles. The van der Waals surface area contributed by atoms with Crippen molar-refractivity contribution < 1.29 is 0 Å². The normalized spacial score (nSPS) is 11.5. The molecule has 1 N–H and O–H groups in total. The quantitative estimate of drug-likeness (QED) is 0.802. The summed E-state index contributed by atoms with van der Waals surface area (Å²) in [5, 5.41) is 3.45. The summed E-state index contributed by atoms with van der Waals surface area (Å²) >= 11 is 0. The summed E-state index contributed by atoms with van der Waals surface area (Å²) in [4.78, 5) is 11.2. The number of nitrogens with one attached hydrogen (secondary N) is 1. The second-order valence-corrected chi connectivity index (χ2v) is 5.37. The molecule has 0 spiro atoms. The summed E-state index contributed by atoms with van der Waals surface area (Å²) in [6, 6.07) is 0. The highest BCUT2D eigenvalue weighted by molar-refractivity contribution is 5.17. The van der Waals surface area contributed by atoms with Gasteiger partial charge in [0.25, 0.3) is 0 Å². The van der Waals surface area contributed by atoms with Crippen molar-refractivity contribution >= 4 is 0 Å². The van der Waals surface area contributed by atoms with Crippen molar-refractivity contribution in [1.29, 1.82) is 0 Å². The maximum absolute atomic E-state index is 4.64. The van der Waals surface area contributed by atoms with E-state index in [2.05, 4.69) is 41.0 Å². The van der Waals surface area contributed by atoms with Crippen LogP contribution in [-0.4, -0.2) is 35.5 Å². The van der Waals surface area contributed by atoms with Crippen LogP contribution in [0.2, 0.25) is 0 Å². The zero-order valence-electron chi connectivity index (χ0n) is 12.3. The zero-order chi connectivity index (χ0) is 13.5. The third-order valence-electron chi connectivity index (χ3n) is 2.66. The lowest BCUT2D eigenvalue weighted by Crippen LogP contribution is -2.21. The highest BCUT2D eigenvalue weighted by atomic mass is 15.1. The van der Waals surface area contributed by atoms with Gasteiger partial charge in [-0.2, -0.15) is 0 Å². The van der Waals surface area contributed by atoms with Crippen LogP contribution in [-0.2, 0) is 19.5 Å². The lowest BCUT2D eigenvalue weighted by molar-refractivity contribution is 0.389. The van der Waals surface area contributed by atoms with Gasteiger partial charge in [0, 0.05) is 24.0 Å². The van der Waals surface area contributed by atoms with Gasteiger partial charge >= 0.3 is 0 Å². The van der Waals surface area contributed by atoms with E-state index in [0.717, 1.165) is 37.6 Å². The number of hydrogen-bond acceptors (Lipinski definition) is 4. The molecule has 102 valence electrons. The summed E-state index contributed by atoms with van der Waals surface area (Å²) in [5.74, 6) is 1.58. The SMILES string of the molecule is CCc1nc(CN(C)C)ncc1CNCC(C)C. The van der Waals surface area contributed by atoms with Crippen LogP contribution in [0.4, 0.5) is 0 Å². The molecule has 4 heteroatoms. The van der Waals surface area contributed by atoms with Crippen LogP contribution in [0.15, 0.2) is 6.20 Å². The van der Waals surface area contributed by atoms with Gasteiger partial charge in [0.1, 0.15) is 5.82 Å². The fourth-order valence-corrected chi connectivity index (χ4v) is 1.79. The minimum Gasteiger partial charge on any atom is -0.312 e. The molecule has 0 unspecified atom stereocenters. The molecule has 4 nitrogen and oxygen atoms in total. The first-order valence-electron chi connectivity index (χ1n) is 6.72. The van der Waals surface area contributed by atoms with E-state index in [0.29, 0.717) is 5.92 Å². The topological polar surface area (TPSA) is 41.1 Å². The van der Waals surface area contributed by atoms with E-state index in [1.807, 2.05) is 20.3 Å². The number of aryl methyl sites for hydroxylation is 1. The molecule has 0 saturated carbocycles. The third-order valence-corrected chi connectivity index (χ3v) is 2.66. The van der Waals surface area contributed by atoms with E-state index in [-0.39, 0.29) is 0 Å². The number of aromatic nitrogens is 2. The van der Waals surface area contributed by atoms with Gasteiger partial charge in [-0.05, 0) is 33.0 Å². The molecule has 0 aliphatic rings. The Morgan fingerprint density at radius 1 is 1.33 bits per heavy atom. The summed E-state index contributed by atoms with van der Waals surface area (Å²) < 4.78 is 0. The van der Waals surface area contributed by atoms with Crippen LogP contribution in [0.3, 0.4) is 0 Å². The van der Waals surface area contributed by atoms with E-state index < -0.39 is 0 Å². The highest BCUT2D eigenvalue weighted by Crippen LogP contribution is 2.07. The van der Waals surface area contributed by atoms with E-state index in [9.17, 15) is 0 Å². The highest BCUT2D eigenvalue weighted by Gasteiger charge is 2.06. The standard InChI is InChI=1S/C14H26N4/c1-6-13-12(8-15-7-11(2)3)9-16-14(17-13)10-18(4)5/h9,11,15H,6-8,10H2,1-5H3. The largest absolute Gasteiger partial charge is 0.312 e. The molecular weight excluding hydrogens is 224 g/mol. The zero-order valence-corrected chi connectivity index (χ0v) is 12.3. The van der Waals surface area contributed by atoms with Crippen LogP contribution in [0.5, 0.6) is 0 Å². The lowest BCUT2D eigenvalue weighted by Gasteiger charge is -2.13. The molecule has 0 aliphatic carbocycles. The van der Waals surface area contributed by atoms with Crippen LogP contribution >= 0.6 is 0 Å². The first kappa shape index (κ1) is 15.1. The van der Waals surface area contributed by atoms with Crippen molar-refractivity contribution in [3.05, 3.63) is 23.3 Å². The average Bonchev–Trinajstić information content (AvgIpc) is 2.29. The lowest BCUT2D eigenvalue weighted by atomic mass is 10.1. The molecule has 0 radical (unpaired) electrons. The van der Waals surface area contributed by atoms with Crippen molar-refractivity contribution in [2.24, 2.45) is 5.92 Å². The molecule has 1 heterocycles.